The molecular weight excluding hydrogens is 366 g/mol. The lowest BCUT2D eigenvalue weighted by molar-refractivity contribution is -0.137. The van der Waals surface area contributed by atoms with Crippen LogP contribution in [-0.2, 0) is 28.8 Å². The van der Waals surface area contributed by atoms with Crippen LogP contribution in [0.15, 0.2) is 11.4 Å². The normalized spacial score (nSPS) is 13.9. The number of esters is 1. The first kappa shape index (κ1) is 17.7. The summed E-state index contributed by atoms with van der Waals surface area (Å²) in [5, 5.41) is 2.05. The third-order valence-electron chi connectivity index (χ3n) is 4.82. The number of aromatic nitrogens is 3. The zero-order chi connectivity index (χ0) is 18.1. The van der Waals surface area contributed by atoms with Crippen molar-refractivity contribution in [3.63, 3.8) is 0 Å². The van der Waals surface area contributed by atoms with Crippen molar-refractivity contribution in [2.45, 2.75) is 50.5 Å². The predicted octanol–water partition coefficient (Wildman–Crippen LogP) is 4.34. The van der Waals surface area contributed by atoms with Crippen LogP contribution >= 0.6 is 23.1 Å². The van der Waals surface area contributed by atoms with Gasteiger partial charge in [-0.15, -0.1) is 11.3 Å². The van der Waals surface area contributed by atoms with Gasteiger partial charge in [0.2, 0.25) is 0 Å². The van der Waals surface area contributed by atoms with E-state index in [2.05, 4.69) is 16.9 Å². The molecule has 0 atom stereocenters. The molecule has 0 N–H and O–H groups in total. The average molecular weight is 388 g/mol. The number of hydrogen-bond acceptors (Lipinski definition) is 7. The lowest BCUT2D eigenvalue weighted by Crippen LogP contribution is -2.09. The number of fused-ring (bicyclic) bond motifs is 5. The van der Waals surface area contributed by atoms with Gasteiger partial charge >= 0.3 is 5.97 Å². The van der Waals surface area contributed by atoms with Crippen LogP contribution in [0.5, 0.6) is 0 Å². The predicted molar refractivity (Wildman–Crippen MR) is 106 cm³/mol. The fraction of sp³-hybridized carbons (Fsp3) is 0.474. The van der Waals surface area contributed by atoms with E-state index in [1.165, 1.54) is 53.9 Å². The average Bonchev–Trinajstić information content (AvgIpc) is 3.05. The van der Waals surface area contributed by atoms with Gasteiger partial charge in [-0.1, -0.05) is 25.1 Å². The third kappa shape index (κ3) is 3.07. The van der Waals surface area contributed by atoms with Gasteiger partial charge in [-0.3, -0.25) is 4.79 Å². The van der Waals surface area contributed by atoms with E-state index in [0.29, 0.717) is 0 Å². The molecule has 26 heavy (non-hydrogen) atoms. The van der Waals surface area contributed by atoms with Crippen LogP contribution < -0.4 is 0 Å². The summed E-state index contributed by atoms with van der Waals surface area (Å²) in [4.78, 5) is 26.6. The molecule has 1 aliphatic rings. The molecule has 7 heteroatoms. The molecule has 0 saturated heterocycles. The Morgan fingerprint density at radius 2 is 2.08 bits per heavy atom. The molecule has 0 unspecified atom stereocenters. The van der Waals surface area contributed by atoms with Crippen LogP contribution in [0.3, 0.4) is 0 Å². The number of thiophene rings is 1. The van der Waals surface area contributed by atoms with Gasteiger partial charge in [0.15, 0.2) is 0 Å². The van der Waals surface area contributed by atoms with Gasteiger partial charge in [0.25, 0.3) is 0 Å². The van der Waals surface area contributed by atoms with Crippen molar-refractivity contribution < 1.29 is 9.53 Å². The third-order valence-corrected chi connectivity index (χ3v) is 6.99. The van der Waals surface area contributed by atoms with Crippen molar-refractivity contribution in [2.75, 3.05) is 12.9 Å². The molecule has 0 radical (unpaired) electrons. The SMILES string of the molecule is CCCc1nc2sc3c(SCC(=O)OC)ncnc3c2c2c1CCCC2. The zero-order valence-corrected chi connectivity index (χ0v) is 16.6. The maximum Gasteiger partial charge on any atom is 0.316 e. The molecule has 3 aromatic rings. The number of ether oxygens (including phenoxy) is 1. The number of methoxy groups -OCH3 is 1. The van der Waals surface area contributed by atoms with Gasteiger partial charge in [-0.2, -0.15) is 0 Å². The topological polar surface area (TPSA) is 65.0 Å². The molecule has 0 saturated carbocycles. The Labute approximate surface area is 160 Å². The quantitative estimate of drug-likeness (QED) is 0.369. The Kier molecular flexibility index (Phi) is 5.09. The molecule has 3 aromatic heterocycles. The summed E-state index contributed by atoms with van der Waals surface area (Å²) < 4.78 is 5.78. The number of carbonyl (C=O) groups excluding carboxylic acids is 1. The fourth-order valence-electron chi connectivity index (χ4n) is 3.65. The molecule has 0 aromatic carbocycles. The first-order valence-corrected chi connectivity index (χ1v) is 10.8. The highest BCUT2D eigenvalue weighted by Crippen LogP contribution is 2.41. The number of aryl methyl sites for hydroxylation is 2. The Hall–Kier alpha value is -1.73. The van der Waals surface area contributed by atoms with E-state index < -0.39 is 0 Å². The highest BCUT2D eigenvalue weighted by Gasteiger charge is 2.23. The van der Waals surface area contributed by atoms with E-state index in [9.17, 15) is 4.79 Å². The minimum absolute atomic E-state index is 0.247. The molecule has 5 nitrogen and oxygen atoms in total. The molecule has 0 amide bonds. The smallest absolute Gasteiger partial charge is 0.316 e. The largest absolute Gasteiger partial charge is 0.468 e. The van der Waals surface area contributed by atoms with Crippen molar-refractivity contribution in [1.29, 1.82) is 0 Å². The van der Waals surface area contributed by atoms with E-state index in [1.54, 1.807) is 17.7 Å². The minimum Gasteiger partial charge on any atom is -0.468 e. The Morgan fingerprint density at radius 3 is 2.85 bits per heavy atom. The van der Waals surface area contributed by atoms with E-state index in [4.69, 9.17) is 9.72 Å². The highest BCUT2D eigenvalue weighted by atomic mass is 32.2. The number of pyridine rings is 1. The monoisotopic (exact) mass is 387 g/mol. The van der Waals surface area contributed by atoms with Crippen LogP contribution in [0.4, 0.5) is 0 Å². The standard InChI is InChI=1S/C19H21N3O2S2/c1-3-6-13-11-7-4-5-8-12(11)15-16-17(26-18(15)22-13)19(21-10-20-16)25-9-14(23)24-2/h10H,3-9H2,1-2H3. The summed E-state index contributed by atoms with van der Waals surface area (Å²) in [5.41, 5.74) is 5.14. The molecule has 4 rings (SSSR count). The first-order valence-electron chi connectivity index (χ1n) is 9.00. The summed E-state index contributed by atoms with van der Waals surface area (Å²) in [7, 11) is 1.41. The summed E-state index contributed by atoms with van der Waals surface area (Å²) in [5.74, 6) is 0.00679. The number of thioether (sulfide) groups is 1. The van der Waals surface area contributed by atoms with Gasteiger partial charge < -0.3 is 4.74 Å². The molecule has 0 fully saturated rings. The Balaban J connectivity index is 1.89. The summed E-state index contributed by atoms with van der Waals surface area (Å²) in [6.07, 6.45) is 8.44. The molecule has 3 heterocycles. The number of carbonyl (C=O) groups is 1. The Morgan fingerprint density at radius 1 is 1.27 bits per heavy atom. The second kappa shape index (κ2) is 7.48. The Bertz CT molecular complexity index is 984. The number of nitrogens with zero attached hydrogens (tertiary/aromatic N) is 3. The van der Waals surface area contributed by atoms with Crippen LogP contribution in [0.1, 0.15) is 43.0 Å². The van der Waals surface area contributed by atoms with Crippen molar-refractivity contribution >= 4 is 49.5 Å². The van der Waals surface area contributed by atoms with Crippen LogP contribution in [0.2, 0.25) is 0 Å². The van der Waals surface area contributed by atoms with Gasteiger partial charge in [0, 0.05) is 11.1 Å². The first-order chi connectivity index (χ1) is 12.7. The van der Waals surface area contributed by atoms with Gasteiger partial charge in [0.1, 0.15) is 16.2 Å². The molecule has 1 aliphatic carbocycles. The fourth-order valence-corrected chi connectivity index (χ4v) is 5.74. The van der Waals surface area contributed by atoms with Crippen LogP contribution in [0, 0.1) is 0 Å². The van der Waals surface area contributed by atoms with Crippen molar-refractivity contribution in [3.05, 3.63) is 23.1 Å². The second-order valence-electron chi connectivity index (χ2n) is 6.48. The molecule has 0 bridgehead atoms. The van der Waals surface area contributed by atoms with Gasteiger partial charge in [0.05, 0.1) is 23.1 Å². The maximum atomic E-state index is 11.5. The van der Waals surface area contributed by atoms with Crippen molar-refractivity contribution in [2.24, 2.45) is 0 Å². The molecule has 136 valence electrons. The van der Waals surface area contributed by atoms with Crippen molar-refractivity contribution in [1.82, 2.24) is 15.0 Å². The minimum atomic E-state index is -0.247. The second-order valence-corrected chi connectivity index (χ2v) is 8.44. The van der Waals surface area contributed by atoms with E-state index in [-0.39, 0.29) is 11.7 Å². The van der Waals surface area contributed by atoms with Crippen LogP contribution in [0.25, 0.3) is 20.4 Å². The lowest BCUT2D eigenvalue weighted by Gasteiger charge is -2.19. The summed E-state index contributed by atoms with van der Waals surface area (Å²) in [6, 6.07) is 0. The van der Waals surface area contributed by atoms with E-state index in [1.807, 2.05) is 0 Å². The maximum absolute atomic E-state index is 11.5. The lowest BCUT2D eigenvalue weighted by atomic mass is 9.88. The molecule has 0 aliphatic heterocycles. The van der Waals surface area contributed by atoms with Gasteiger partial charge in [-0.05, 0) is 43.2 Å². The number of rotatable bonds is 5. The molecule has 0 spiro atoms. The van der Waals surface area contributed by atoms with Crippen molar-refractivity contribution in [3.8, 4) is 0 Å². The van der Waals surface area contributed by atoms with E-state index in [0.717, 1.165) is 45.8 Å². The molecular formula is C19H21N3O2S2. The summed E-state index contributed by atoms with van der Waals surface area (Å²) in [6.45, 7) is 2.21. The highest BCUT2D eigenvalue weighted by molar-refractivity contribution is 8.00. The van der Waals surface area contributed by atoms with Gasteiger partial charge in [-0.25, -0.2) is 15.0 Å². The van der Waals surface area contributed by atoms with Crippen LogP contribution in [-0.4, -0.2) is 33.8 Å². The summed E-state index contributed by atoms with van der Waals surface area (Å²) >= 11 is 3.06. The van der Waals surface area contributed by atoms with E-state index >= 15 is 0 Å². The zero-order valence-electron chi connectivity index (χ0n) is 15.0. The number of hydrogen-bond donors (Lipinski definition) is 0.